The lowest BCUT2D eigenvalue weighted by Crippen LogP contribution is -2.18. The second-order valence-corrected chi connectivity index (χ2v) is 3.30. The first-order valence-electron chi connectivity index (χ1n) is 4.88. The van der Waals surface area contributed by atoms with Crippen molar-refractivity contribution in [2.24, 2.45) is 0 Å². The summed E-state index contributed by atoms with van der Waals surface area (Å²) >= 11 is 0. The molecule has 1 rings (SSSR count). The second-order valence-electron chi connectivity index (χ2n) is 3.30. The molecule has 0 saturated carbocycles. The molecule has 0 unspecified atom stereocenters. The van der Waals surface area contributed by atoms with Crippen molar-refractivity contribution < 1.29 is 4.39 Å². The highest BCUT2D eigenvalue weighted by molar-refractivity contribution is 5.04. The molecule has 0 saturated heterocycles. The molecule has 70 valence electrons. The van der Waals surface area contributed by atoms with Crippen LogP contribution in [0.2, 0.25) is 0 Å². The maximum atomic E-state index is 11.7. The van der Waals surface area contributed by atoms with Crippen LogP contribution in [0.4, 0.5) is 4.39 Å². The highest BCUT2D eigenvalue weighted by Gasteiger charge is 2.02. The number of hydrogen-bond donors (Lipinski definition) is 1. The van der Waals surface area contributed by atoms with E-state index in [4.69, 9.17) is 0 Å². The monoisotopic (exact) mass is 171 g/mol. The van der Waals surface area contributed by atoms with Crippen molar-refractivity contribution in [1.82, 2.24) is 5.32 Å². The molecule has 1 aliphatic carbocycles. The molecule has 0 aliphatic heterocycles. The lowest BCUT2D eigenvalue weighted by atomic mass is 9.97. The van der Waals surface area contributed by atoms with Crippen molar-refractivity contribution in [2.75, 3.05) is 19.8 Å². The number of allylic oxidation sites excluding steroid dienone is 1. The molecule has 12 heavy (non-hydrogen) atoms. The minimum Gasteiger partial charge on any atom is -0.314 e. The van der Waals surface area contributed by atoms with Gasteiger partial charge in [0.25, 0.3) is 0 Å². The van der Waals surface area contributed by atoms with Gasteiger partial charge in [0.15, 0.2) is 0 Å². The lowest BCUT2D eigenvalue weighted by Gasteiger charge is -2.12. The predicted octanol–water partition coefficient (Wildman–Crippen LogP) is 2.44. The Hall–Kier alpha value is -0.370. The summed E-state index contributed by atoms with van der Waals surface area (Å²) in [7, 11) is 0. The smallest absolute Gasteiger partial charge is 0.102 e. The highest BCUT2D eigenvalue weighted by Crippen LogP contribution is 2.19. The summed E-state index contributed by atoms with van der Waals surface area (Å²) in [6.07, 6.45) is 8.66. The second kappa shape index (κ2) is 6.18. The van der Waals surface area contributed by atoms with E-state index in [1.165, 1.54) is 25.7 Å². The van der Waals surface area contributed by atoms with E-state index in [0.29, 0.717) is 6.54 Å². The van der Waals surface area contributed by atoms with Crippen LogP contribution in [0.1, 0.15) is 32.1 Å². The number of hydrogen-bond acceptors (Lipinski definition) is 1. The molecule has 1 N–H and O–H groups in total. The van der Waals surface area contributed by atoms with Gasteiger partial charge in [-0.05, 0) is 38.6 Å². The zero-order chi connectivity index (χ0) is 8.65. The van der Waals surface area contributed by atoms with E-state index in [-0.39, 0.29) is 6.67 Å². The molecule has 1 aliphatic rings. The molecule has 0 heterocycles. The van der Waals surface area contributed by atoms with E-state index in [2.05, 4.69) is 11.4 Å². The predicted molar refractivity (Wildman–Crippen MR) is 50.0 cm³/mol. The van der Waals surface area contributed by atoms with E-state index in [0.717, 1.165) is 13.0 Å². The van der Waals surface area contributed by atoms with Gasteiger partial charge in [-0.2, -0.15) is 0 Å². The van der Waals surface area contributed by atoms with Crippen LogP contribution >= 0.6 is 0 Å². The van der Waals surface area contributed by atoms with Crippen LogP contribution < -0.4 is 5.32 Å². The maximum Gasteiger partial charge on any atom is 0.102 e. The minimum atomic E-state index is -0.251. The van der Waals surface area contributed by atoms with Gasteiger partial charge in [0.1, 0.15) is 6.67 Å². The third-order valence-electron chi connectivity index (χ3n) is 2.28. The largest absolute Gasteiger partial charge is 0.314 e. The summed E-state index contributed by atoms with van der Waals surface area (Å²) in [5, 5.41) is 3.07. The Morgan fingerprint density at radius 2 is 2.25 bits per heavy atom. The molecule has 0 atom stereocenters. The van der Waals surface area contributed by atoms with Crippen LogP contribution in [0.25, 0.3) is 0 Å². The van der Waals surface area contributed by atoms with Crippen molar-refractivity contribution in [3.63, 3.8) is 0 Å². The van der Waals surface area contributed by atoms with Crippen molar-refractivity contribution in [1.29, 1.82) is 0 Å². The molecule has 0 aromatic heterocycles. The molecular weight excluding hydrogens is 153 g/mol. The summed E-state index contributed by atoms with van der Waals surface area (Å²) in [6, 6.07) is 0. The van der Waals surface area contributed by atoms with Gasteiger partial charge in [-0.3, -0.25) is 0 Å². The topological polar surface area (TPSA) is 12.0 Å². The number of nitrogens with one attached hydrogen (secondary N) is 1. The van der Waals surface area contributed by atoms with Gasteiger partial charge in [-0.25, -0.2) is 4.39 Å². The Labute approximate surface area is 74.0 Å². The minimum absolute atomic E-state index is 0.251. The van der Waals surface area contributed by atoms with Crippen molar-refractivity contribution in [3.05, 3.63) is 11.6 Å². The highest BCUT2D eigenvalue weighted by atomic mass is 19.1. The summed E-state index contributed by atoms with van der Waals surface area (Å²) in [5.74, 6) is 0. The fourth-order valence-corrected chi connectivity index (χ4v) is 1.57. The molecule has 0 fully saturated rings. The molecule has 0 amide bonds. The van der Waals surface area contributed by atoms with Gasteiger partial charge < -0.3 is 5.32 Å². The van der Waals surface area contributed by atoms with Gasteiger partial charge in [0, 0.05) is 6.54 Å². The third-order valence-corrected chi connectivity index (χ3v) is 2.28. The van der Waals surface area contributed by atoms with E-state index >= 15 is 0 Å². The summed E-state index contributed by atoms with van der Waals surface area (Å²) in [4.78, 5) is 0. The van der Waals surface area contributed by atoms with Gasteiger partial charge in [0.2, 0.25) is 0 Å². The van der Waals surface area contributed by atoms with E-state index < -0.39 is 0 Å². The number of halogens is 1. The summed E-state index contributed by atoms with van der Waals surface area (Å²) in [5.41, 5.74) is 1.56. The van der Waals surface area contributed by atoms with Crippen LogP contribution in [-0.2, 0) is 0 Å². The first kappa shape index (κ1) is 9.72. The Bertz CT molecular complexity index is 143. The normalized spacial score (nSPS) is 17.6. The van der Waals surface area contributed by atoms with E-state index in [9.17, 15) is 4.39 Å². The van der Waals surface area contributed by atoms with Crippen LogP contribution in [0.3, 0.4) is 0 Å². The molecule has 0 bridgehead atoms. The van der Waals surface area contributed by atoms with Gasteiger partial charge >= 0.3 is 0 Å². The zero-order valence-electron chi connectivity index (χ0n) is 7.61. The maximum absolute atomic E-state index is 11.7. The molecule has 0 aromatic rings. The molecular formula is C10H18FN. The average Bonchev–Trinajstić information content (AvgIpc) is 2.14. The fourth-order valence-electron chi connectivity index (χ4n) is 1.57. The molecule has 0 aromatic carbocycles. The molecule has 2 heteroatoms. The Morgan fingerprint density at radius 1 is 1.33 bits per heavy atom. The lowest BCUT2D eigenvalue weighted by molar-refractivity contribution is 0.467. The first-order valence-corrected chi connectivity index (χ1v) is 4.88. The standard InChI is InChI=1S/C10H18FN/c11-7-9-12-8-6-10-4-2-1-3-5-10/h4,12H,1-3,5-9H2. The van der Waals surface area contributed by atoms with Gasteiger partial charge in [-0.15, -0.1) is 0 Å². The third kappa shape index (κ3) is 3.86. The summed E-state index contributed by atoms with van der Waals surface area (Å²) < 4.78 is 11.7. The van der Waals surface area contributed by atoms with Crippen LogP contribution in [-0.4, -0.2) is 19.8 Å². The molecule has 1 nitrogen and oxygen atoms in total. The average molecular weight is 171 g/mol. The van der Waals surface area contributed by atoms with Crippen LogP contribution in [0.5, 0.6) is 0 Å². The van der Waals surface area contributed by atoms with Crippen LogP contribution in [0.15, 0.2) is 11.6 Å². The zero-order valence-corrected chi connectivity index (χ0v) is 7.61. The van der Waals surface area contributed by atoms with Crippen molar-refractivity contribution >= 4 is 0 Å². The van der Waals surface area contributed by atoms with Crippen molar-refractivity contribution in [3.8, 4) is 0 Å². The number of rotatable bonds is 5. The van der Waals surface area contributed by atoms with E-state index in [1.807, 2.05) is 0 Å². The fraction of sp³-hybridized carbons (Fsp3) is 0.800. The van der Waals surface area contributed by atoms with Gasteiger partial charge in [-0.1, -0.05) is 11.6 Å². The molecule has 0 spiro atoms. The Balaban J connectivity index is 2.01. The Morgan fingerprint density at radius 3 is 2.92 bits per heavy atom. The Kier molecular flexibility index (Phi) is 5.00. The quantitative estimate of drug-likeness (QED) is 0.495. The number of alkyl halides is 1. The summed E-state index contributed by atoms with van der Waals surface area (Å²) in [6.45, 7) is 1.20. The van der Waals surface area contributed by atoms with E-state index in [1.54, 1.807) is 5.57 Å². The first-order chi connectivity index (χ1) is 5.93. The SMILES string of the molecule is FCCNCCC1=CCCCC1. The van der Waals surface area contributed by atoms with Gasteiger partial charge in [0.05, 0.1) is 0 Å². The van der Waals surface area contributed by atoms with Crippen LogP contribution in [0, 0.1) is 0 Å². The van der Waals surface area contributed by atoms with Crippen molar-refractivity contribution in [2.45, 2.75) is 32.1 Å². The molecule has 0 radical (unpaired) electrons.